The first-order valence-corrected chi connectivity index (χ1v) is 7.41. The topological polar surface area (TPSA) is 91.6 Å². The van der Waals surface area contributed by atoms with Crippen LogP contribution in [0, 0.1) is 13.8 Å². The lowest BCUT2D eigenvalue weighted by molar-refractivity contribution is -0.385. The van der Waals surface area contributed by atoms with Crippen molar-refractivity contribution in [2.24, 2.45) is 0 Å². The predicted octanol–water partition coefficient (Wildman–Crippen LogP) is 3.57. The van der Waals surface area contributed by atoms with E-state index in [0.717, 1.165) is 3.70 Å². The van der Waals surface area contributed by atoms with Crippen molar-refractivity contribution in [3.8, 4) is 11.5 Å². The zero-order valence-electron chi connectivity index (χ0n) is 11.9. The van der Waals surface area contributed by atoms with Crippen molar-refractivity contribution in [3.63, 3.8) is 0 Å². The van der Waals surface area contributed by atoms with Gasteiger partial charge in [-0.15, -0.1) is 0 Å². The van der Waals surface area contributed by atoms with Gasteiger partial charge in [-0.25, -0.2) is 9.78 Å². The van der Waals surface area contributed by atoms with Gasteiger partial charge in [0.1, 0.15) is 9.45 Å². The van der Waals surface area contributed by atoms with Gasteiger partial charge in [0.05, 0.1) is 18.2 Å². The fourth-order valence-corrected chi connectivity index (χ4v) is 1.97. The smallest absolute Gasteiger partial charge is 0.330 e. The molecule has 8 heteroatoms. The molecule has 0 atom stereocenters. The molecular formula is C15H11IN2O5. The van der Waals surface area contributed by atoms with Crippen LogP contribution in [0.1, 0.15) is 5.56 Å². The number of esters is 1. The molecule has 0 bridgehead atoms. The molecule has 0 aliphatic rings. The van der Waals surface area contributed by atoms with Crippen LogP contribution in [-0.4, -0.2) is 23.0 Å². The Balaban J connectivity index is 2.29. The summed E-state index contributed by atoms with van der Waals surface area (Å²) >= 11 is 2.05. The highest BCUT2D eigenvalue weighted by Crippen LogP contribution is 2.32. The van der Waals surface area contributed by atoms with Crippen molar-refractivity contribution in [2.45, 2.75) is 0 Å². The maximum Gasteiger partial charge on any atom is 0.330 e. The molecule has 0 aliphatic heterocycles. The number of nitrogens with zero attached hydrogens (tertiary/aromatic N) is 2. The van der Waals surface area contributed by atoms with E-state index in [1.807, 2.05) is 22.6 Å². The number of pyridine rings is 1. The molecule has 1 heterocycles. The third-order valence-electron chi connectivity index (χ3n) is 2.72. The van der Waals surface area contributed by atoms with E-state index in [1.54, 1.807) is 18.2 Å². The van der Waals surface area contributed by atoms with Gasteiger partial charge in [0.25, 0.3) is 0 Å². The quantitative estimate of drug-likeness (QED) is 0.181. The molecule has 23 heavy (non-hydrogen) atoms. The molecule has 2 aromatic rings. The summed E-state index contributed by atoms with van der Waals surface area (Å²) in [5, 5.41) is 11.2. The van der Waals surface area contributed by atoms with Gasteiger partial charge in [0.15, 0.2) is 0 Å². The lowest BCUT2D eigenvalue weighted by Gasteiger charge is -2.06. The normalized spacial score (nSPS) is 10.5. The molecule has 0 unspecified atom stereocenters. The van der Waals surface area contributed by atoms with Crippen LogP contribution < -0.4 is 4.74 Å². The largest absolute Gasteiger partial charge is 0.466 e. The Morgan fingerprint density at radius 2 is 2.13 bits per heavy atom. The second-order valence-corrected chi connectivity index (χ2v) is 5.36. The van der Waals surface area contributed by atoms with E-state index in [0.29, 0.717) is 11.3 Å². The highest BCUT2D eigenvalue weighted by atomic mass is 127. The van der Waals surface area contributed by atoms with Crippen LogP contribution in [0.25, 0.3) is 6.08 Å². The second-order valence-electron chi connectivity index (χ2n) is 4.26. The van der Waals surface area contributed by atoms with Gasteiger partial charge < -0.3 is 9.47 Å². The molecule has 1 aromatic carbocycles. The summed E-state index contributed by atoms with van der Waals surface area (Å²) in [5.41, 5.74) is 0.269. The minimum Gasteiger partial charge on any atom is -0.466 e. The number of aromatic nitrogens is 1. The van der Waals surface area contributed by atoms with Gasteiger partial charge in [-0.05, 0) is 52.4 Å². The SMILES string of the molecule is COC(=O)/C=C/c1ccc(Oc2ccc(I)nc2)c([N+](=O)[O-])c1. The fourth-order valence-electron chi connectivity index (χ4n) is 1.65. The highest BCUT2D eigenvalue weighted by Gasteiger charge is 2.16. The summed E-state index contributed by atoms with van der Waals surface area (Å²) in [6, 6.07) is 7.78. The summed E-state index contributed by atoms with van der Waals surface area (Å²) in [5.74, 6) is -0.0578. The summed E-state index contributed by atoms with van der Waals surface area (Å²) in [6.45, 7) is 0. The van der Waals surface area contributed by atoms with Crippen LogP contribution in [0.5, 0.6) is 11.5 Å². The molecule has 0 aliphatic carbocycles. The number of methoxy groups -OCH3 is 1. The zero-order valence-corrected chi connectivity index (χ0v) is 14.1. The lowest BCUT2D eigenvalue weighted by atomic mass is 10.1. The molecule has 2 rings (SSSR count). The Hall–Kier alpha value is -2.49. The Morgan fingerprint density at radius 3 is 2.74 bits per heavy atom. The van der Waals surface area contributed by atoms with Crippen molar-refractivity contribution >= 4 is 40.3 Å². The van der Waals surface area contributed by atoms with E-state index >= 15 is 0 Å². The first-order chi connectivity index (χ1) is 11.0. The van der Waals surface area contributed by atoms with E-state index in [-0.39, 0.29) is 11.4 Å². The van der Waals surface area contributed by atoms with E-state index in [1.165, 1.54) is 37.6 Å². The zero-order chi connectivity index (χ0) is 16.8. The Morgan fingerprint density at radius 1 is 1.35 bits per heavy atom. The van der Waals surface area contributed by atoms with Gasteiger partial charge in [-0.3, -0.25) is 10.1 Å². The number of nitro benzene ring substituents is 1. The number of carbonyl (C=O) groups is 1. The van der Waals surface area contributed by atoms with E-state index in [9.17, 15) is 14.9 Å². The van der Waals surface area contributed by atoms with Gasteiger partial charge in [0.2, 0.25) is 5.75 Å². The molecule has 0 saturated carbocycles. The molecular weight excluding hydrogens is 415 g/mol. The van der Waals surface area contributed by atoms with Gasteiger partial charge in [-0.2, -0.15) is 0 Å². The highest BCUT2D eigenvalue weighted by molar-refractivity contribution is 14.1. The van der Waals surface area contributed by atoms with E-state index < -0.39 is 10.9 Å². The van der Waals surface area contributed by atoms with Crippen molar-refractivity contribution < 1.29 is 19.2 Å². The maximum atomic E-state index is 11.2. The Bertz CT molecular complexity index is 759. The van der Waals surface area contributed by atoms with E-state index in [4.69, 9.17) is 4.74 Å². The number of benzene rings is 1. The number of rotatable bonds is 5. The fraction of sp³-hybridized carbons (Fsp3) is 0.0667. The number of ether oxygens (including phenoxy) is 2. The molecule has 0 spiro atoms. The van der Waals surface area contributed by atoms with Crippen LogP contribution in [0.3, 0.4) is 0 Å². The number of hydrogen-bond donors (Lipinski definition) is 0. The number of carbonyl (C=O) groups excluding carboxylic acids is 1. The molecule has 118 valence electrons. The molecule has 0 radical (unpaired) electrons. The monoisotopic (exact) mass is 426 g/mol. The van der Waals surface area contributed by atoms with E-state index in [2.05, 4.69) is 9.72 Å². The Kier molecular flexibility index (Phi) is 5.63. The number of hydrogen-bond acceptors (Lipinski definition) is 6. The van der Waals surface area contributed by atoms with Crippen molar-refractivity contribution in [1.29, 1.82) is 0 Å². The minimum atomic E-state index is -0.551. The van der Waals surface area contributed by atoms with Crippen molar-refractivity contribution in [1.82, 2.24) is 4.98 Å². The summed E-state index contributed by atoms with van der Waals surface area (Å²) in [7, 11) is 1.25. The predicted molar refractivity (Wildman–Crippen MR) is 91.2 cm³/mol. The molecule has 1 aromatic heterocycles. The molecule has 0 amide bonds. The molecule has 0 saturated heterocycles. The summed E-state index contributed by atoms with van der Waals surface area (Å²) in [4.78, 5) is 25.8. The van der Waals surface area contributed by atoms with Crippen LogP contribution in [0.4, 0.5) is 5.69 Å². The standard InChI is InChI=1S/C15H11IN2O5/c1-22-15(19)7-3-10-2-5-13(12(8-10)18(20)21)23-11-4-6-14(16)17-9-11/h2-9H,1H3/b7-3+. The van der Waals surface area contributed by atoms with Gasteiger partial charge in [0, 0.05) is 12.1 Å². The van der Waals surface area contributed by atoms with Gasteiger partial charge >= 0.3 is 11.7 Å². The summed E-state index contributed by atoms with van der Waals surface area (Å²) in [6.07, 6.45) is 4.09. The van der Waals surface area contributed by atoms with Crippen LogP contribution in [-0.2, 0) is 9.53 Å². The molecule has 7 nitrogen and oxygen atoms in total. The van der Waals surface area contributed by atoms with Gasteiger partial charge in [-0.1, -0.05) is 6.07 Å². The third kappa shape index (κ3) is 4.74. The van der Waals surface area contributed by atoms with Crippen LogP contribution >= 0.6 is 22.6 Å². The molecule has 0 N–H and O–H groups in total. The summed E-state index contributed by atoms with van der Waals surface area (Å²) < 4.78 is 10.8. The Labute approximate surface area is 145 Å². The average molecular weight is 426 g/mol. The second kappa shape index (κ2) is 7.68. The lowest BCUT2D eigenvalue weighted by Crippen LogP contribution is -1.96. The number of halogens is 1. The third-order valence-corrected chi connectivity index (χ3v) is 3.36. The first-order valence-electron chi connectivity index (χ1n) is 6.33. The van der Waals surface area contributed by atoms with Crippen LogP contribution in [0.2, 0.25) is 0 Å². The first kappa shape index (κ1) is 16.9. The van der Waals surface area contributed by atoms with Crippen molar-refractivity contribution in [2.75, 3.05) is 7.11 Å². The van der Waals surface area contributed by atoms with Crippen LogP contribution in [0.15, 0.2) is 42.6 Å². The maximum absolute atomic E-state index is 11.2. The van der Waals surface area contributed by atoms with Crippen molar-refractivity contribution in [3.05, 3.63) is 62.0 Å². The minimum absolute atomic E-state index is 0.0910. The molecule has 0 fully saturated rings. The average Bonchev–Trinajstić information content (AvgIpc) is 2.55. The number of nitro groups is 1.